The molecule has 0 spiro atoms. The molecular formula is C15H16BrN. The van der Waals surface area contributed by atoms with Crippen molar-refractivity contribution in [3.05, 3.63) is 57.6 Å². The predicted octanol–water partition coefficient (Wildman–Crippen LogP) is 5.12. The van der Waals surface area contributed by atoms with E-state index in [1.807, 2.05) is 12.1 Å². The Balaban J connectivity index is 2.33. The number of nitrogens with one attached hydrogen (secondary N) is 1. The standard InChI is InChI=1S/C15H16BrN/c1-10-8-11(2)15(12(3)9-10)17-14-6-4-13(16)5-7-14/h4-9,17H,1-3H3. The Hall–Kier alpha value is -1.28. The molecule has 0 heterocycles. The molecule has 0 radical (unpaired) electrons. The summed E-state index contributed by atoms with van der Waals surface area (Å²) in [6, 6.07) is 12.6. The van der Waals surface area contributed by atoms with Crippen LogP contribution in [0.1, 0.15) is 16.7 Å². The van der Waals surface area contributed by atoms with Crippen molar-refractivity contribution in [2.45, 2.75) is 20.8 Å². The summed E-state index contributed by atoms with van der Waals surface area (Å²) in [5.41, 5.74) is 6.19. The highest BCUT2D eigenvalue weighted by Gasteiger charge is 2.03. The summed E-state index contributed by atoms with van der Waals surface area (Å²) in [6.45, 7) is 6.41. The van der Waals surface area contributed by atoms with Crippen molar-refractivity contribution in [3.8, 4) is 0 Å². The van der Waals surface area contributed by atoms with E-state index in [1.54, 1.807) is 0 Å². The summed E-state index contributed by atoms with van der Waals surface area (Å²) in [4.78, 5) is 0. The molecule has 2 rings (SSSR count). The van der Waals surface area contributed by atoms with Gasteiger partial charge in [0.2, 0.25) is 0 Å². The van der Waals surface area contributed by atoms with E-state index in [9.17, 15) is 0 Å². The quantitative estimate of drug-likeness (QED) is 0.809. The van der Waals surface area contributed by atoms with Gasteiger partial charge in [0.15, 0.2) is 0 Å². The molecule has 2 aromatic carbocycles. The Bertz CT molecular complexity index is 506. The van der Waals surface area contributed by atoms with Crippen LogP contribution in [0, 0.1) is 20.8 Å². The van der Waals surface area contributed by atoms with Crippen molar-refractivity contribution in [3.63, 3.8) is 0 Å². The molecule has 0 aliphatic rings. The fourth-order valence-electron chi connectivity index (χ4n) is 2.05. The molecule has 0 aromatic heterocycles. The lowest BCUT2D eigenvalue weighted by atomic mass is 10.0. The Kier molecular flexibility index (Phi) is 3.53. The molecule has 0 unspecified atom stereocenters. The van der Waals surface area contributed by atoms with E-state index in [2.05, 4.69) is 66.3 Å². The van der Waals surface area contributed by atoms with Crippen molar-refractivity contribution in [2.24, 2.45) is 0 Å². The summed E-state index contributed by atoms with van der Waals surface area (Å²) in [5, 5.41) is 3.47. The van der Waals surface area contributed by atoms with E-state index in [1.165, 1.54) is 22.4 Å². The zero-order valence-corrected chi connectivity index (χ0v) is 11.9. The highest BCUT2D eigenvalue weighted by atomic mass is 79.9. The lowest BCUT2D eigenvalue weighted by molar-refractivity contribution is 1.31. The van der Waals surface area contributed by atoms with Crippen LogP contribution in [0.5, 0.6) is 0 Å². The van der Waals surface area contributed by atoms with Crippen molar-refractivity contribution >= 4 is 27.3 Å². The van der Waals surface area contributed by atoms with Gasteiger partial charge in [0.25, 0.3) is 0 Å². The van der Waals surface area contributed by atoms with E-state index in [0.29, 0.717) is 0 Å². The lowest BCUT2D eigenvalue weighted by Crippen LogP contribution is -1.96. The van der Waals surface area contributed by atoms with Crippen LogP contribution >= 0.6 is 15.9 Å². The molecule has 0 atom stereocenters. The fourth-order valence-corrected chi connectivity index (χ4v) is 2.32. The molecule has 17 heavy (non-hydrogen) atoms. The third-order valence-corrected chi connectivity index (χ3v) is 3.32. The molecule has 2 heteroatoms. The second kappa shape index (κ2) is 4.92. The molecule has 0 amide bonds. The second-order valence-electron chi connectivity index (χ2n) is 4.41. The van der Waals surface area contributed by atoms with Crippen molar-refractivity contribution in [1.29, 1.82) is 0 Å². The summed E-state index contributed by atoms with van der Waals surface area (Å²) >= 11 is 3.44. The first-order valence-corrected chi connectivity index (χ1v) is 6.46. The predicted molar refractivity (Wildman–Crippen MR) is 78.1 cm³/mol. The molecule has 0 aliphatic carbocycles. The van der Waals surface area contributed by atoms with Crippen LogP contribution in [-0.4, -0.2) is 0 Å². The minimum absolute atomic E-state index is 1.10. The zero-order chi connectivity index (χ0) is 12.4. The topological polar surface area (TPSA) is 12.0 Å². The summed E-state index contributed by atoms with van der Waals surface area (Å²) in [6.07, 6.45) is 0. The monoisotopic (exact) mass is 289 g/mol. The van der Waals surface area contributed by atoms with E-state index < -0.39 is 0 Å². The molecule has 0 aliphatic heterocycles. The summed E-state index contributed by atoms with van der Waals surface area (Å²) < 4.78 is 1.10. The first-order valence-electron chi connectivity index (χ1n) is 5.67. The first-order chi connectivity index (χ1) is 8.06. The fraction of sp³-hybridized carbons (Fsp3) is 0.200. The zero-order valence-electron chi connectivity index (χ0n) is 10.3. The molecule has 0 bridgehead atoms. The number of halogens is 1. The highest BCUT2D eigenvalue weighted by Crippen LogP contribution is 2.26. The molecular weight excluding hydrogens is 274 g/mol. The number of aryl methyl sites for hydroxylation is 3. The molecule has 1 nitrogen and oxygen atoms in total. The van der Waals surface area contributed by atoms with Gasteiger partial charge in [-0.05, 0) is 56.2 Å². The molecule has 0 saturated carbocycles. The number of hydrogen-bond acceptors (Lipinski definition) is 1. The van der Waals surface area contributed by atoms with Gasteiger partial charge in [0, 0.05) is 15.8 Å². The minimum atomic E-state index is 1.10. The van der Waals surface area contributed by atoms with Crippen LogP contribution in [0.3, 0.4) is 0 Å². The van der Waals surface area contributed by atoms with Crippen LogP contribution in [0.4, 0.5) is 11.4 Å². The molecule has 88 valence electrons. The van der Waals surface area contributed by atoms with Crippen LogP contribution < -0.4 is 5.32 Å². The van der Waals surface area contributed by atoms with Crippen molar-refractivity contribution in [1.82, 2.24) is 0 Å². The lowest BCUT2D eigenvalue weighted by Gasteiger charge is -2.14. The summed E-state index contributed by atoms with van der Waals surface area (Å²) in [5.74, 6) is 0. The third kappa shape index (κ3) is 2.89. The molecule has 0 saturated heterocycles. The largest absolute Gasteiger partial charge is 0.355 e. The van der Waals surface area contributed by atoms with Gasteiger partial charge in [0.1, 0.15) is 0 Å². The van der Waals surface area contributed by atoms with Gasteiger partial charge < -0.3 is 5.32 Å². The Morgan fingerprint density at radius 1 is 0.882 bits per heavy atom. The van der Waals surface area contributed by atoms with Gasteiger partial charge in [-0.15, -0.1) is 0 Å². The van der Waals surface area contributed by atoms with Crippen LogP contribution in [-0.2, 0) is 0 Å². The molecule has 1 N–H and O–H groups in total. The number of rotatable bonds is 2. The van der Waals surface area contributed by atoms with Gasteiger partial charge in [-0.2, -0.15) is 0 Å². The smallest absolute Gasteiger partial charge is 0.0443 e. The number of benzene rings is 2. The second-order valence-corrected chi connectivity index (χ2v) is 5.32. The van der Waals surface area contributed by atoms with E-state index >= 15 is 0 Å². The maximum atomic E-state index is 3.47. The van der Waals surface area contributed by atoms with Crippen molar-refractivity contribution < 1.29 is 0 Å². The van der Waals surface area contributed by atoms with E-state index in [0.717, 1.165) is 10.2 Å². The third-order valence-electron chi connectivity index (χ3n) is 2.79. The molecule has 2 aromatic rings. The maximum absolute atomic E-state index is 3.47. The first kappa shape index (κ1) is 12.2. The average molecular weight is 290 g/mol. The summed E-state index contributed by atoms with van der Waals surface area (Å²) in [7, 11) is 0. The van der Waals surface area contributed by atoms with E-state index in [-0.39, 0.29) is 0 Å². The molecule has 0 fully saturated rings. The Morgan fingerprint density at radius 3 is 1.94 bits per heavy atom. The van der Waals surface area contributed by atoms with Gasteiger partial charge in [-0.3, -0.25) is 0 Å². The highest BCUT2D eigenvalue weighted by molar-refractivity contribution is 9.10. The SMILES string of the molecule is Cc1cc(C)c(Nc2ccc(Br)cc2)c(C)c1. The Labute approximate surface area is 111 Å². The van der Waals surface area contributed by atoms with Gasteiger partial charge in [-0.1, -0.05) is 33.6 Å². The van der Waals surface area contributed by atoms with E-state index in [4.69, 9.17) is 0 Å². The Morgan fingerprint density at radius 2 is 1.41 bits per heavy atom. The minimum Gasteiger partial charge on any atom is -0.355 e. The van der Waals surface area contributed by atoms with Crippen LogP contribution in [0.15, 0.2) is 40.9 Å². The van der Waals surface area contributed by atoms with Gasteiger partial charge in [0.05, 0.1) is 0 Å². The normalized spacial score (nSPS) is 10.4. The number of hydrogen-bond donors (Lipinski definition) is 1. The van der Waals surface area contributed by atoms with Crippen molar-refractivity contribution in [2.75, 3.05) is 5.32 Å². The number of anilines is 2. The van der Waals surface area contributed by atoms with Crippen LogP contribution in [0.2, 0.25) is 0 Å². The van der Waals surface area contributed by atoms with Crippen LogP contribution in [0.25, 0.3) is 0 Å². The van der Waals surface area contributed by atoms with Gasteiger partial charge >= 0.3 is 0 Å². The maximum Gasteiger partial charge on any atom is 0.0443 e. The van der Waals surface area contributed by atoms with Gasteiger partial charge in [-0.25, -0.2) is 0 Å². The average Bonchev–Trinajstić information content (AvgIpc) is 2.26.